The van der Waals surface area contributed by atoms with Crippen molar-refractivity contribution in [1.29, 1.82) is 0 Å². The lowest BCUT2D eigenvalue weighted by Gasteiger charge is -2.45. The number of nitrogens with zero attached hydrogens (tertiary/aromatic N) is 1. The first-order valence-corrected chi connectivity index (χ1v) is 15.7. The van der Waals surface area contributed by atoms with Crippen LogP contribution in [0.25, 0.3) is 0 Å². The van der Waals surface area contributed by atoms with Gasteiger partial charge in [-0.25, -0.2) is 9.18 Å². The van der Waals surface area contributed by atoms with E-state index in [0.29, 0.717) is 11.0 Å². The number of alkyl halides is 3. The zero-order chi connectivity index (χ0) is 33.0. The van der Waals surface area contributed by atoms with Crippen molar-refractivity contribution in [3.63, 3.8) is 0 Å². The number of piperidine rings is 1. The summed E-state index contributed by atoms with van der Waals surface area (Å²) < 4.78 is 60.1. The number of benzene rings is 2. The standard InChI is InChI=1S/C32H42ClF4N5O3/c1-5-14-42(19-21-11-12-24(34)23(33)16-21)27(40-25-10-7-13-38-28(25)42)18-39-29(43)26(41-30(44)45-31(2,3)4)17-20-8-6-9-22(15-20)32(35,36)37/h6,8-9,11-12,15-16,25-28,38,40H,5,7,10,13-14,17-19H2,1-4H3,(H-,39,41,43,44)/p+1. The molecule has 0 aliphatic carbocycles. The first-order chi connectivity index (χ1) is 21.1. The van der Waals surface area contributed by atoms with Gasteiger partial charge in [-0.05, 0) is 63.8 Å². The van der Waals surface area contributed by atoms with E-state index in [0.717, 1.165) is 50.0 Å². The Hall–Kier alpha value is -2.93. The highest BCUT2D eigenvalue weighted by atomic mass is 35.5. The highest BCUT2D eigenvalue weighted by Crippen LogP contribution is 2.34. The van der Waals surface area contributed by atoms with Gasteiger partial charge >= 0.3 is 12.3 Å². The predicted molar refractivity (Wildman–Crippen MR) is 164 cm³/mol. The lowest BCUT2D eigenvalue weighted by molar-refractivity contribution is -0.976. The van der Waals surface area contributed by atoms with E-state index >= 15 is 0 Å². The molecule has 4 N–H and O–H groups in total. The van der Waals surface area contributed by atoms with E-state index in [2.05, 4.69) is 28.2 Å². The largest absolute Gasteiger partial charge is 0.444 e. The zero-order valence-electron chi connectivity index (χ0n) is 26.1. The van der Waals surface area contributed by atoms with Crippen LogP contribution in [0.3, 0.4) is 0 Å². The van der Waals surface area contributed by atoms with Crippen molar-refractivity contribution in [3.8, 4) is 0 Å². The van der Waals surface area contributed by atoms with E-state index in [9.17, 15) is 27.2 Å². The fourth-order valence-corrected chi connectivity index (χ4v) is 6.69. The molecule has 2 saturated heterocycles. The summed E-state index contributed by atoms with van der Waals surface area (Å²) in [6, 6.07) is 8.33. The number of hydrogen-bond acceptors (Lipinski definition) is 5. The molecule has 0 aromatic heterocycles. The second kappa shape index (κ2) is 14.2. The minimum absolute atomic E-state index is 0.0326. The molecule has 0 radical (unpaired) electrons. The van der Waals surface area contributed by atoms with Gasteiger partial charge in [0.15, 0.2) is 12.3 Å². The predicted octanol–water partition coefficient (Wildman–Crippen LogP) is 5.48. The number of carbonyl (C=O) groups is 2. The summed E-state index contributed by atoms with van der Waals surface area (Å²) in [6.07, 6.45) is -3.05. The molecule has 0 bridgehead atoms. The normalized spacial score (nSPS) is 24.1. The molecule has 2 aromatic rings. The number of hydrogen-bond donors (Lipinski definition) is 4. The number of carbonyl (C=O) groups excluding carboxylic acids is 2. The molecular formula is C32H43ClF4N5O3+. The quantitative estimate of drug-likeness (QED) is 0.201. The monoisotopic (exact) mass is 656 g/mol. The number of alkyl carbamates (subject to hydrolysis) is 1. The third-order valence-corrected chi connectivity index (χ3v) is 8.57. The zero-order valence-corrected chi connectivity index (χ0v) is 26.8. The molecule has 2 aliphatic rings. The number of ether oxygens (including phenoxy) is 1. The maximum atomic E-state index is 14.0. The third-order valence-electron chi connectivity index (χ3n) is 8.28. The topological polar surface area (TPSA) is 91.5 Å². The molecule has 2 aliphatic heterocycles. The van der Waals surface area contributed by atoms with Crippen LogP contribution in [0.4, 0.5) is 22.4 Å². The number of rotatable bonds is 10. The molecule has 248 valence electrons. The molecular weight excluding hydrogens is 614 g/mol. The van der Waals surface area contributed by atoms with Crippen molar-refractivity contribution in [2.45, 2.75) is 96.1 Å². The van der Waals surface area contributed by atoms with Crippen molar-refractivity contribution in [2.75, 3.05) is 19.6 Å². The first kappa shape index (κ1) is 34.9. The Balaban J connectivity index is 1.58. The molecule has 5 unspecified atom stereocenters. The summed E-state index contributed by atoms with van der Waals surface area (Å²) in [4.78, 5) is 26.4. The average Bonchev–Trinajstić information content (AvgIpc) is 3.25. The number of fused-ring (bicyclic) bond motifs is 1. The highest BCUT2D eigenvalue weighted by Gasteiger charge is 2.54. The van der Waals surface area contributed by atoms with Gasteiger partial charge < -0.3 is 15.4 Å². The number of nitrogens with one attached hydrogen (secondary N) is 4. The maximum Gasteiger partial charge on any atom is 0.416 e. The van der Waals surface area contributed by atoms with Gasteiger partial charge in [-0.1, -0.05) is 42.8 Å². The minimum atomic E-state index is -4.55. The molecule has 13 heteroatoms. The summed E-state index contributed by atoms with van der Waals surface area (Å²) in [7, 11) is 0. The van der Waals surface area contributed by atoms with Gasteiger partial charge in [-0.2, -0.15) is 13.2 Å². The maximum absolute atomic E-state index is 14.0. The van der Waals surface area contributed by atoms with Crippen molar-refractivity contribution in [2.24, 2.45) is 0 Å². The fourth-order valence-electron chi connectivity index (χ4n) is 6.48. The molecule has 2 heterocycles. The van der Waals surface area contributed by atoms with E-state index in [4.69, 9.17) is 16.3 Å². The molecule has 5 atom stereocenters. The second-order valence-electron chi connectivity index (χ2n) is 12.9. The molecule has 4 rings (SSSR count). The molecule has 2 fully saturated rings. The molecule has 45 heavy (non-hydrogen) atoms. The lowest BCUT2D eigenvalue weighted by atomic mass is 10.0. The van der Waals surface area contributed by atoms with Crippen LogP contribution in [0, 0.1) is 5.82 Å². The summed E-state index contributed by atoms with van der Waals surface area (Å²) in [5, 5.41) is 12.9. The van der Waals surface area contributed by atoms with Crippen molar-refractivity contribution in [3.05, 3.63) is 70.0 Å². The number of halogens is 5. The summed E-state index contributed by atoms with van der Waals surface area (Å²) in [6.45, 7) is 9.40. The van der Waals surface area contributed by atoms with Crippen LogP contribution in [0.5, 0.6) is 0 Å². The van der Waals surface area contributed by atoms with Gasteiger partial charge in [0.05, 0.1) is 29.7 Å². The molecule has 2 aromatic carbocycles. The van der Waals surface area contributed by atoms with E-state index in [1.807, 2.05) is 0 Å². The van der Waals surface area contributed by atoms with E-state index in [1.54, 1.807) is 32.9 Å². The van der Waals surface area contributed by atoms with E-state index in [-0.39, 0.29) is 41.9 Å². The summed E-state index contributed by atoms with van der Waals surface area (Å²) in [5.74, 6) is -1.05. The SMILES string of the molecule is CCC[N+]1(Cc2ccc(F)c(Cl)c2)C(CNC(=O)C(Cc2cccc(C(F)(F)F)c2)NC(=O)OC(C)(C)C)NC2CCCNC21. The van der Waals surface area contributed by atoms with Crippen molar-refractivity contribution >= 4 is 23.6 Å². The van der Waals surface area contributed by atoms with Gasteiger partial charge in [0, 0.05) is 18.5 Å². The number of amides is 2. The Morgan fingerprint density at radius 3 is 2.56 bits per heavy atom. The lowest BCUT2D eigenvalue weighted by Crippen LogP contribution is -2.66. The van der Waals surface area contributed by atoms with Crippen molar-refractivity contribution < 1.29 is 36.4 Å². The molecule has 0 saturated carbocycles. The van der Waals surface area contributed by atoms with Crippen LogP contribution in [-0.2, 0) is 28.7 Å². The minimum Gasteiger partial charge on any atom is -0.444 e. The third kappa shape index (κ3) is 8.87. The van der Waals surface area contributed by atoms with Gasteiger partial charge in [-0.15, -0.1) is 0 Å². The molecule has 2 amide bonds. The Bertz CT molecular complexity index is 1350. The van der Waals surface area contributed by atoms with Gasteiger partial charge in [0.2, 0.25) is 5.91 Å². The smallest absolute Gasteiger partial charge is 0.416 e. The first-order valence-electron chi connectivity index (χ1n) is 15.3. The Kier molecular flexibility index (Phi) is 11.0. The van der Waals surface area contributed by atoms with Crippen LogP contribution >= 0.6 is 11.6 Å². The highest BCUT2D eigenvalue weighted by molar-refractivity contribution is 6.30. The average molecular weight is 657 g/mol. The van der Waals surface area contributed by atoms with E-state index in [1.165, 1.54) is 18.2 Å². The van der Waals surface area contributed by atoms with Gasteiger partial charge in [-0.3, -0.25) is 19.9 Å². The van der Waals surface area contributed by atoms with Crippen LogP contribution < -0.4 is 21.3 Å². The van der Waals surface area contributed by atoms with Gasteiger partial charge in [0.1, 0.15) is 24.0 Å². The Labute approximate surface area is 266 Å². The van der Waals surface area contributed by atoms with Crippen molar-refractivity contribution in [1.82, 2.24) is 21.3 Å². The van der Waals surface area contributed by atoms with Gasteiger partial charge in [0.25, 0.3) is 0 Å². The summed E-state index contributed by atoms with van der Waals surface area (Å²) in [5.41, 5.74) is -0.599. The van der Waals surface area contributed by atoms with Crippen LogP contribution in [0.1, 0.15) is 63.6 Å². The van der Waals surface area contributed by atoms with Crippen LogP contribution in [0.2, 0.25) is 5.02 Å². The molecule has 0 spiro atoms. The van der Waals surface area contributed by atoms with Crippen LogP contribution in [0.15, 0.2) is 42.5 Å². The Morgan fingerprint density at radius 2 is 1.89 bits per heavy atom. The molecule has 8 nitrogen and oxygen atoms in total. The summed E-state index contributed by atoms with van der Waals surface area (Å²) >= 11 is 6.14. The van der Waals surface area contributed by atoms with E-state index < -0.39 is 41.2 Å². The fraction of sp³-hybridized carbons (Fsp3) is 0.562. The van der Waals surface area contributed by atoms with Crippen LogP contribution in [-0.4, -0.2) is 66.1 Å². The Morgan fingerprint density at radius 1 is 1.13 bits per heavy atom. The second-order valence-corrected chi connectivity index (χ2v) is 13.3. The number of quaternary nitrogens is 1.